The number of fused-ring (bicyclic) bond motifs is 1. The fourth-order valence-electron chi connectivity index (χ4n) is 4.13. The molecule has 0 spiro atoms. The van der Waals surface area contributed by atoms with Gasteiger partial charge < -0.3 is 20.7 Å². The predicted molar refractivity (Wildman–Crippen MR) is 152 cm³/mol. The Balaban J connectivity index is 1.45. The Labute approximate surface area is 243 Å². The van der Waals surface area contributed by atoms with Crippen molar-refractivity contribution in [2.24, 2.45) is 4.99 Å². The van der Waals surface area contributed by atoms with Gasteiger partial charge in [-0.25, -0.2) is 9.38 Å². The van der Waals surface area contributed by atoms with Gasteiger partial charge in [-0.15, -0.1) is 0 Å². The Morgan fingerprint density at radius 2 is 1.88 bits per heavy atom. The van der Waals surface area contributed by atoms with Crippen LogP contribution < -0.4 is 16.0 Å². The molecule has 3 N–H and O–H groups in total. The molecule has 8 nitrogen and oxygen atoms in total. The highest BCUT2D eigenvalue weighted by molar-refractivity contribution is 6.44. The number of anilines is 1. The Kier molecular flexibility index (Phi) is 8.18. The molecule has 5 rings (SSSR count). The number of benzodiazepines with no additional fused rings is 1. The van der Waals surface area contributed by atoms with Crippen LogP contribution in [0.25, 0.3) is 0 Å². The van der Waals surface area contributed by atoms with Gasteiger partial charge in [0.15, 0.2) is 6.23 Å². The number of aryl methyl sites for hydroxylation is 1. The first kappa shape index (κ1) is 27.8. The molecule has 2 unspecified atom stereocenters. The average molecular weight is 601 g/mol. The largest absolute Gasteiger partial charge is 0.360 e. The summed E-state index contributed by atoms with van der Waals surface area (Å²) in [5, 5.41) is 8.78. The first-order valence-electron chi connectivity index (χ1n) is 12.0. The Hall–Kier alpha value is -3.76. The molecule has 2 aliphatic rings. The van der Waals surface area contributed by atoms with Gasteiger partial charge in [-0.1, -0.05) is 59.1 Å². The number of hydrogen-bond donors (Lipinski definition) is 3. The van der Waals surface area contributed by atoms with Gasteiger partial charge in [0.2, 0.25) is 6.17 Å². The van der Waals surface area contributed by atoms with Gasteiger partial charge in [-0.05, 0) is 42.8 Å². The van der Waals surface area contributed by atoms with E-state index in [1.165, 1.54) is 12.1 Å². The third-order valence-electron chi connectivity index (χ3n) is 6.06. The van der Waals surface area contributed by atoms with Gasteiger partial charge >= 0.3 is 0 Å². The van der Waals surface area contributed by atoms with Crippen LogP contribution in [0.4, 0.5) is 10.1 Å². The Morgan fingerprint density at radius 1 is 1.12 bits per heavy atom. The van der Waals surface area contributed by atoms with Crippen molar-refractivity contribution in [3.63, 3.8) is 0 Å². The molecule has 2 amide bonds. The lowest BCUT2D eigenvalue weighted by Crippen LogP contribution is -2.46. The number of halogens is 4. The van der Waals surface area contributed by atoms with Gasteiger partial charge in [0.1, 0.15) is 5.83 Å². The van der Waals surface area contributed by atoms with Crippen LogP contribution in [0.5, 0.6) is 0 Å². The molecule has 3 aromatic rings. The average Bonchev–Trinajstić information content (AvgIpc) is 3.04. The number of amides is 2. The van der Waals surface area contributed by atoms with E-state index >= 15 is 0 Å². The molecule has 0 radical (unpaired) electrons. The Morgan fingerprint density at radius 3 is 2.60 bits per heavy atom. The number of allylic oxidation sites excluding steroid dienone is 2. The summed E-state index contributed by atoms with van der Waals surface area (Å²) < 4.78 is 20.0. The molecule has 1 aromatic heterocycles. The summed E-state index contributed by atoms with van der Waals surface area (Å²) in [5.74, 6) is -2.09. The number of nitrogens with zero attached hydrogens (tertiary/aromatic N) is 2. The second-order valence-electron chi connectivity index (χ2n) is 8.93. The van der Waals surface area contributed by atoms with E-state index in [0.717, 1.165) is 23.5 Å². The molecule has 40 heavy (non-hydrogen) atoms. The van der Waals surface area contributed by atoms with Crippen LogP contribution in [0.2, 0.25) is 15.1 Å². The summed E-state index contributed by atoms with van der Waals surface area (Å²) >= 11 is 19.1. The summed E-state index contributed by atoms with van der Waals surface area (Å²) in [6.45, 7) is 1.96. The van der Waals surface area contributed by atoms with Crippen molar-refractivity contribution in [1.29, 1.82) is 0 Å². The maximum atomic E-state index is 14.2. The number of dihydropyridines is 1. The topological polar surface area (TPSA) is 105 Å². The zero-order chi connectivity index (χ0) is 28.4. The molecule has 204 valence electrons. The molecular weight excluding hydrogens is 580 g/mol. The fraction of sp³-hybridized carbons (Fsp3) is 0.143. The molecule has 0 aliphatic carbocycles. The van der Waals surface area contributed by atoms with Crippen molar-refractivity contribution in [3.8, 4) is 0 Å². The minimum absolute atomic E-state index is 0.0889. The van der Waals surface area contributed by atoms with Gasteiger partial charge in [0.25, 0.3) is 11.8 Å². The fourth-order valence-corrected chi connectivity index (χ4v) is 5.12. The van der Waals surface area contributed by atoms with Crippen LogP contribution >= 0.6 is 34.8 Å². The van der Waals surface area contributed by atoms with Crippen molar-refractivity contribution in [1.82, 2.24) is 15.6 Å². The SMILES string of the molecule is Cc1ccc(COC2NC=C(F)C=C2C(=O)NC2N=C(c3c(Cl)cc(Cl)cc3Cl)c3ccccc3NC2=O)cn1. The number of ether oxygens (including phenoxy) is 1. The number of carbonyl (C=O) groups excluding carboxylic acids is 2. The van der Waals surface area contributed by atoms with Crippen LogP contribution in [0.15, 0.2) is 83.4 Å². The third-order valence-corrected chi connectivity index (χ3v) is 6.87. The van der Waals surface area contributed by atoms with E-state index in [1.807, 2.05) is 19.1 Å². The third kappa shape index (κ3) is 6.03. The van der Waals surface area contributed by atoms with E-state index in [9.17, 15) is 14.0 Å². The van der Waals surface area contributed by atoms with E-state index in [4.69, 9.17) is 39.5 Å². The lowest BCUT2D eigenvalue weighted by atomic mass is 10.0. The maximum absolute atomic E-state index is 14.2. The number of carbonyl (C=O) groups is 2. The number of aromatic nitrogens is 1. The maximum Gasteiger partial charge on any atom is 0.269 e. The van der Waals surface area contributed by atoms with E-state index in [0.29, 0.717) is 21.8 Å². The number of nitrogens with one attached hydrogen (secondary N) is 3. The van der Waals surface area contributed by atoms with Gasteiger partial charge in [-0.3, -0.25) is 14.6 Å². The molecule has 2 aromatic carbocycles. The normalized spacial score (nSPS) is 18.3. The highest BCUT2D eigenvalue weighted by Gasteiger charge is 2.32. The van der Waals surface area contributed by atoms with Crippen LogP contribution in [-0.4, -0.2) is 34.9 Å². The van der Waals surface area contributed by atoms with Crippen molar-refractivity contribution < 1.29 is 18.7 Å². The van der Waals surface area contributed by atoms with E-state index in [2.05, 4.69) is 25.9 Å². The zero-order valence-corrected chi connectivity index (χ0v) is 23.1. The number of aliphatic imine (C=N–C) groups is 1. The molecule has 12 heteroatoms. The second kappa shape index (κ2) is 11.8. The highest BCUT2D eigenvalue weighted by atomic mass is 35.5. The standard InChI is InChI=1S/C28H21Cl3FN5O3/c1-14-6-7-15(11-33-14)13-40-28-19(10-17(32)12-34-28)26(38)37-25-27(39)35-22-5-3-2-4-18(22)24(36-25)23-20(30)8-16(29)9-21(23)31/h2-12,25,28,34H,13H2,1H3,(H,35,39)(H,37,38). The summed E-state index contributed by atoms with van der Waals surface area (Å²) in [4.78, 5) is 35.4. The van der Waals surface area contributed by atoms with Crippen LogP contribution in [-0.2, 0) is 20.9 Å². The summed E-state index contributed by atoms with van der Waals surface area (Å²) in [6.07, 6.45) is 1.34. The molecule has 0 saturated heterocycles. The van der Waals surface area contributed by atoms with Crippen LogP contribution in [0, 0.1) is 6.92 Å². The molecule has 2 atom stereocenters. The van der Waals surface area contributed by atoms with Gasteiger partial charge in [0, 0.05) is 34.2 Å². The summed E-state index contributed by atoms with van der Waals surface area (Å²) in [7, 11) is 0. The molecule has 0 saturated carbocycles. The van der Waals surface area contributed by atoms with Crippen molar-refractivity contribution >= 4 is 58.0 Å². The van der Waals surface area contributed by atoms with Gasteiger partial charge in [-0.2, -0.15) is 0 Å². The molecule has 2 aliphatic heterocycles. The zero-order valence-electron chi connectivity index (χ0n) is 20.8. The number of rotatable bonds is 6. The number of benzene rings is 2. The van der Waals surface area contributed by atoms with Crippen molar-refractivity contribution in [2.45, 2.75) is 25.9 Å². The Bertz CT molecular complexity index is 1570. The lowest BCUT2D eigenvalue weighted by Gasteiger charge is -2.24. The molecule has 0 bridgehead atoms. The van der Waals surface area contributed by atoms with Crippen LogP contribution in [0.1, 0.15) is 22.4 Å². The minimum Gasteiger partial charge on any atom is -0.360 e. The molecular formula is C28H21Cl3FN5O3. The minimum atomic E-state index is -1.42. The first-order valence-corrected chi connectivity index (χ1v) is 13.1. The summed E-state index contributed by atoms with van der Waals surface area (Å²) in [6, 6.07) is 13.6. The monoisotopic (exact) mass is 599 g/mol. The van der Waals surface area contributed by atoms with Gasteiger partial charge in [0.05, 0.1) is 33.6 Å². The van der Waals surface area contributed by atoms with Crippen molar-refractivity contribution in [3.05, 3.63) is 116 Å². The smallest absolute Gasteiger partial charge is 0.269 e. The molecule has 0 fully saturated rings. The predicted octanol–water partition coefficient (Wildman–Crippen LogP) is 5.47. The van der Waals surface area contributed by atoms with Crippen molar-refractivity contribution in [2.75, 3.05) is 5.32 Å². The number of hydrogen-bond acceptors (Lipinski definition) is 6. The van der Waals surface area contributed by atoms with E-state index in [1.54, 1.807) is 30.5 Å². The number of para-hydroxylation sites is 1. The number of pyridine rings is 1. The van der Waals surface area contributed by atoms with Crippen LogP contribution in [0.3, 0.4) is 0 Å². The highest BCUT2D eigenvalue weighted by Crippen LogP contribution is 2.34. The quantitative estimate of drug-likeness (QED) is 0.348. The van der Waals surface area contributed by atoms with E-state index in [-0.39, 0.29) is 27.9 Å². The molecule has 3 heterocycles. The van der Waals surface area contributed by atoms with E-state index < -0.39 is 30.0 Å². The lowest BCUT2D eigenvalue weighted by molar-refractivity contribution is -0.125. The summed E-state index contributed by atoms with van der Waals surface area (Å²) in [5.41, 5.74) is 3.06. The first-order chi connectivity index (χ1) is 19.2. The second-order valence-corrected chi connectivity index (χ2v) is 10.2.